The number of hydrogen-bond acceptors (Lipinski definition) is 3. The van der Waals surface area contributed by atoms with Crippen LogP contribution in [0, 0.1) is 6.07 Å². The Morgan fingerprint density at radius 2 is 2.08 bits per heavy atom. The highest BCUT2D eigenvalue weighted by Gasteiger charge is 2.11. The number of ether oxygens (including phenoxy) is 1. The molecule has 0 aliphatic carbocycles. The normalized spacial score (nSPS) is 17.4. The molecule has 69 valence electrons. The third kappa shape index (κ3) is 1.92. The van der Waals surface area contributed by atoms with Crippen LogP contribution in [0.1, 0.15) is 0 Å². The van der Waals surface area contributed by atoms with E-state index in [1.165, 1.54) is 0 Å². The van der Waals surface area contributed by atoms with Gasteiger partial charge in [0.15, 0.2) is 0 Å². The van der Waals surface area contributed by atoms with Crippen LogP contribution >= 0.6 is 0 Å². The number of phenols is 1. The minimum Gasteiger partial charge on any atom is -0.507 e. The van der Waals surface area contributed by atoms with E-state index in [2.05, 4.69) is 11.0 Å². The standard InChI is InChI=1S/C10H12NO2/c12-10-3-1-2-9(8-10)11-4-6-13-7-5-11/h1-3,12H,4-7H2. The van der Waals surface area contributed by atoms with Crippen LogP contribution in [-0.4, -0.2) is 31.4 Å². The number of morpholine rings is 1. The molecule has 1 heterocycles. The van der Waals surface area contributed by atoms with Gasteiger partial charge in [0.2, 0.25) is 0 Å². The zero-order chi connectivity index (χ0) is 9.10. The van der Waals surface area contributed by atoms with Crippen LogP contribution in [-0.2, 0) is 4.74 Å². The minimum absolute atomic E-state index is 0.198. The Kier molecular flexibility index (Phi) is 2.36. The van der Waals surface area contributed by atoms with E-state index in [9.17, 15) is 5.11 Å². The number of hydrogen-bond donors (Lipinski definition) is 1. The first-order valence-electron chi connectivity index (χ1n) is 4.40. The van der Waals surface area contributed by atoms with Crippen molar-refractivity contribution < 1.29 is 9.84 Å². The van der Waals surface area contributed by atoms with Gasteiger partial charge in [-0.05, 0) is 12.1 Å². The summed E-state index contributed by atoms with van der Waals surface area (Å²) in [6.07, 6.45) is 0. The fourth-order valence-corrected chi connectivity index (χ4v) is 1.43. The molecular weight excluding hydrogens is 166 g/mol. The van der Waals surface area contributed by atoms with E-state index in [1.807, 2.05) is 12.1 Å². The van der Waals surface area contributed by atoms with Crippen LogP contribution in [0.2, 0.25) is 0 Å². The fourth-order valence-electron chi connectivity index (χ4n) is 1.43. The summed E-state index contributed by atoms with van der Waals surface area (Å²) < 4.78 is 5.23. The van der Waals surface area contributed by atoms with Crippen molar-refractivity contribution in [3.05, 3.63) is 24.3 Å². The van der Waals surface area contributed by atoms with E-state index < -0.39 is 0 Å². The topological polar surface area (TPSA) is 32.7 Å². The number of rotatable bonds is 1. The second-order valence-corrected chi connectivity index (χ2v) is 3.02. The Balaban J connectivity index is 2.14. The van der Waals surface area contributed by atoms with Gasteiger partial charge in [-0.1, -0.05) is 6.07 Å². The van der Waals surface area contributed by atoms with Crippen LogP contribution in [0.15, 0.2) is 18.2 Å². The molecule has 0 aromatic heterocycles. The lowest BCUT2D eigenvalue weighted by atomic mass is 10.2. The van der Waals surface area contributed by atoms with Gasteiger partial charge in [0, 0.05) is 18.8 Å². The SMILES string of the molecule is Oc1[c]c(N2CCOCC2)ccc1. The van der Waals surface area contributed by atoms with Crippen molar-refractivity contribution in [3.63, 3.8) is 0 Å². The molecule has 0 unspecified atom stereocenters. The van der Waals surface area contributed by atoms with Gasteiger partial charge in [-0.15, -0.1) is 0 Å². The lowest BCUT2D eigenvalue weighted by Gasteiger charge is -2.28. The fraction of sp³-hybridized carbons (Fsp3) is 0.400. The smallest absolute Gasteiger partial charge is 0.125 e. The largest absolute Gasteiger partial charge is 0.507 e. The number of anilines is 1. The maximum absolute atomic E-state index is 9.23. The molecule has 0 saturated carbocycles. The first-order valence-corrected chi connectivity index (χ1v) is 4.40. The highest BCUT2D eigenvalue weighted by molar-refractivity contribution is 5.49. The summed E-state index contributed by atoms with van der Waals surface area (Å²) in [7, 11) is 0. The van der Waals surface area contributed by atoms with Gasteiger partial charge in [0.25, 0.3) is 0 Å². The predicted octanol–water partition coefficient (Wildman–Crippen LogP) is 1.03. The third-order valence-corrected chi connectivity index (χ3v) is 2.12. The highest BCUT2D eigenvalue weighted by Crippen LogP contribution is 2.19. The molecule has 3 heteroatoms. The molecule has 3 nitrogen and oxygen atoms in total. The molecule has 0 atom stereocenters. The molecule has 1 fully saturated rings. The Morgan fingerprint density at radius 1 is 1.31 bits per heavy atom. The zero-order valence-electron chi connectivity index (χ0n) is 7.36. The van der Waals surface area contributed by atoms with Gasteiger partial charge in [-0.3, -0.25) is 0 Å². The maximum atomic E-state index is 9.23. The number of benzene rings is 1. The molecule has 1 aliphatic rings. The Morgan fingerprint density at radius 3 is 2.77 bits per heavy atom. The van der Waals surface area contributed by atoms with Gasteiger partial charge >= 0.3 is 0 Å². The summed E-state index contributed by atoms with van der Waals surface area (Å²) in [5.41, 5.74) is 0.947. The lowest BCUT2D eigenvalue weighted by molar-refractivity contribution is 0.122. The highest BCUT2D eigenvalue weighted by atomic mass is 16.5. The molecular formula is C10H12NO2. The summed E-state index contributed by atoms with van der Waals surface area (Å²) >= 11 is 0. The van der Waals surface area contributed by atoms with Crippen molar-refractivity contribution >= 4 is 5.69 Å². The molecule has 1 aromatic carbocycles. The molecule has 1 aromatic rings. The molecule has 1 radical (unpaired) electrons. The van der Waals surface area contributed by atoms with Gasteiger partial charge < -0.3 is 14.7 Å². The molecule has 0 amide bonds. The third-order valence-electron chi connectivity index (χ3n) is 2.12. The maximum Gasteiger partial charge on any atom is 0.125 e. The van der Waals surface area contributed by atoms with E-state index in [-0.39, 0.29) is 5.75 Å². The Hall–Kier alpha value is -1.22. The number of aromatic hydroxyl groups is 1. The van der Waals surface area contributed by atoms with E-state index in [0.29, 0.717) is 0 Å². The average Bonchev–Trinajstić information content (AvgIpc) is 2.19. The van der Waals surface area contributed by atoms with Gasteiger partial charge in [0.1, 0.15) is 5.75 Å². The monoisotopic (exact) mass is 178 g/mol. The van der Waals surface area contributed by atoms with Crippen molar-refractivity contribution in [2.24, 2.45) is 0 Å². The van der Waals surface area contributed by atoms with Crippen LogP contribution in [0.4, 0.5) is 5.69 Å². The van der Waals surface area contributed by atoms with Gasteiger partial charge in [-0.25, -0.2) is 0 Å². The number of phenolic OH excluding ortho intramolecular Hbond substituents is 1. The van der Waals surface area contributed by atoms with E-state index in [4.69, 9.17) is 4.74 Å². The molecule has 0 bridgehead atoms. The summed E-state index contributed by atoms with van der Waals surface area (Å²) in [5, 5.41) is 9.23. The molecule has 2 rings (SSSR count). The lowest BCUT2D eigenvalue weighted by Crippen LogP contribution is -2.36. The Bertz CT molecular complexity index is 282. The Labute approximate surface area is 77.6 Å². The zero-order valence-corrected chi connectivity index (χ0v) is 7.36. The average molecular weight is 178 g/mol. The van der Waals surface area contributed by atoms with E-state index >= 15 is 0 Å². The van der Waals surface area contributed by atoms with E-state index in [0.717, 1.165) is 32.0 Å². The summed E-state index contributed by atoms with van der Waals surface area (Å²) in [6.45, 7) is 3.26. The van der Waals surface area contributed by atoms with Crippen molar-refractivity contribution in [3.8, 4) is 5.75 Å². The van der Waals surface area contributed by atoms with Crippen LogP contribution in [0.3, 0.4) is 0 Å². The number of nitrogens with zero attached hydrogens (tertiary/aromatic N) is 1. The van der Waals surface area contributed by atoms with Crippen molar-refractivity contribution in [1.82, 2.24) is 0 Å². The van der Waals surface area contributed by atoms with Crippen LogP contribution < -0.4 is 4.90 Å². The predicted molar refractivity (Wildman–Crippen MR) is 50.0 cm³/mol. The van der Waals surface area contributed by atoms with Gasteiger partial charge in [0.05, 0.1) is 19.3 Å². The minimum atomic E-state index is 0.198. The first-order chi connectivity index (χ1) is 6.36. The molecule has 1 aliphatic heterocycles. The first kappa shape index (κ1) is 8.38. The summed E-state index contributed by atoms with van der Waals surface area (Å²) in [4.78, 5) is 2.16. The van der Waals surface area contributed by atoms with Crippen LogP contribution in [0.25, 0.3) is 0 Å². The van der Waals surface area contributed by atoms with Crippen molar-refractivity contribution in [2.45, 2.75) is 0 Å². The van der Waals surface area contributed by atoms with E-state index in [1.54, 1.807) is 6.07 Å². The van der Waals surface area contributed by atoms with Crippen molar-refractivity contribution in [2.75, 3.05) is 31.2 Å². The quantitative estimate of drug-likeness (QED) is 0.697. The molecule has 13 heavy (non-hydrogen) atoms. The second-order valence-electron chi connectivity index (χ2n) is 3.02. The van der Waals surface area contributed by atoms with Crippen LogP contribution in [0.5, 0.6) is 5.75 Å². The molecule has 1 N–H and O–H groups in total. The molecule has 1 saturated heterocycles. The van der Waals surface area contributed by atoms with Gasteiger partial charge in [-0.2, -0.15) is 0 Å². The summed E-state index contributed by atoms with van der Waals surface area (Å²) in [6, 6.07) is 8.31. The summed E-state index contributed by atoms with van der Waals surface area (Å²) in [5.74, 6) is 0.198. The molecule has 0 spiro atoms. The van der Waals surface area contributed by atoms with Crippen molar-refractivity contribution in [1.29, 1.82) is 0 Å². The second kappa shape index (κ2) is 3.66.